The normalized spacial score (nSPS) is 17.3. The van der Waals surface area contributed by atoms with Crippen LogP contribution in [0.5, 0.6) is 0 Å². The van der Waals surface area contributed by atoms with E-state index in [4.69, 9.17) is 4.42 Å². The molecule has 0 aliphatic carbocycles. The molecule has 1 aliphatic rings. The summed E-state index contributed by atoms with van der Waals surface area (Å²) in [6, 6.07) is 11.5. The summed E-state index contributed by atoms with van der Waals surface area (Å²) in [5.74, 6) is -0.0312. The van der Waals surface area contributed by atoms with Crippen LogP contribution in [-0.4, -0.2) is 27.3 Å². The van der Waals surface area contributed by atoms with Crippen LogP contribution in [0.3, 0.4) is 0 Å². The zero-order valence-corrected chi connectivity index (χ0v) is 11.9. The highest BCUT2D eigenvalue weighted by atomic mass is 16.3. The highest BCUT2D eigenvalue weighted by molar-refractivity contribution is 5.94. The number of rotatable bonds is 2. The highest BCUT2D eigenvalue weighted by Gasteiger charge is 2.34. The van der Waals surface area contributed by atoms with Crippen molar-refractivity contribution in [2.75, 3.05) is 6.54 Å². The summed E-state index contributed by atoms with van der Waals surface area (Å²) in [4.78, 5) is 22.3. The largest absolute Gasteiger partial charge is 0.472 e. The van der Waals surface area contributed by atoms with Gasteiger partial charge in [-0.25, -0.2) is 4.98 Å². The fraction of sp³-hybridized carbons (Fsp3) is 0.176. The fourth-order valence-electron chi connectivity index (χ4n) is 3.02. The molecule has 0 spiro atoms. The topological polar surface area (TPSA) is 62.1 Å². The van der Waals surface area contributed by atoms with Gasteiger partial charge in [0.05, 0.1) is 23.8 Å². The van der Waals surface area contributed by atoms with E-state index >= 15 is 0 Å². The van der Waals surface area contributed by atoms with Gasteiger partial charge in [-0.05, 0) is 11.6 Å². The van der Waals surface area contributed by atoms with Crippen molar-refractivity contribution in [1.29, 1.82) is 0 Å². The van der Waals surface area contributed by atoms with E-state index < -0.39 is 0 Å². The molecule has 110 valence electrons. The molecule has 5 heteroatoms. The average Bonchev–Trinajstić information content (AvgIpc) is 3.25. The standard InChI is InChI=1S/C17H15N3O2/c21-17(13-7-9-22-10-13)20-8-6-14-15(19-11-18-14)16(20)12-4-2-1-3-5-12/h1-5,7,9-11,16H,6,8H2,(H,18,19)/t16-/m1/s1. The molecule has 1 aromatic carbocycles. The van der Waals surface area contributed by atoms with Crippen LogP contribution in [0.1, 0.15) is 33.4 Å². The summed E-state index contributed by atoms with van der Waals surface area (Å²) in [5.41, 5.74) is 3.66. The summed E-state index contributed by atoms with van der Waals surface area (Å²) in [7, 11) is 0. The zero-order valence-electron chi connectivity index (χ0n) is 11.9. The molecule has 0 saturated carbocycles. The Labute approximate surface area is 127 Å². The smallest absolute Gasteiger partial charge is 0.257 e. The number of amides is 1. The van der Waals surface area contributed by atoms with Crippen molar-refractivity contribution in [3.8, 4) is 0 Å². The Morgan fingerprint density at radius 3 is 2.91 bits per heavy atom. The molecule has 0 saturated heterocycles. The van der Waals surface area contributed by atoms with E-state index in [0.717, 1.165) is 23.4 Å². The first-order valence-electron chi connectivity index (χ1n) is 7.25. The maximum atomic E-state index is 12.8. The number of aromatic nitrogens is 2. The van der Waals surface area contributed by atoms with E-state index in [1.165, 1.54) is 12.5 Å². The van der Waals surface area contributed by atoms with Gasteiger partial charge < -0.3 is 14.3 Å². The molecule has 1 atom stereocenters. The van der Waals surface area contributed by atoms with E-state index in [0.29, 0.717) is 12.1 Å². The van der Waals surface area contributed by atoms with Crippen LogP contribution in [0.2, 0.25) is 0 Å². The molecular weight excluding hydrogens is 278 g/mol. The number of hydrogen-bond donors (Lipinski definition) is 1. The average molecular weight is 293 g/mol. The Bertz CT molecular complexity index is 777. The lowest BCUT2D eigenvalue weighted by Gasteiger charge is -2.35. The van der Waals surface area contributed by atoms with Crippen molar-refractivity contribution in [1.82, 2.24) is 14.9 Å². The molecule has 0 fully saturated rings. The number of nitrogens with one attached hydrogen (secondary N) is 1. The number of nitrogens with zero attached hydrogens (tertiary/aromatic N) is 2. The summed E-state index contributed by atoms with van der Waals surface area (Å²) in [6.45, 7) is 0.652. The summed E-state index contributed by atoms with van der Waals surface area (Å²) < 4.78 is 5.05. The fourth-order valence-corrected chi connectivity index (χ4v) is 3.02. The quantitative estimate of drug-likeness (QED) is 0.790. The van der Waals surface area contributed by atoms with E-state index in [1.807, 2.05) is 35.2 Å². The molecule has 2 aromatic heterocycles. The van der Waals surface area contributed by atoms with E-state index in [2.05, 4.69) is 9.97 Å². The van der Waals surface area contributed by atoms with Crippen molar-refractivity contribution >= 4 is 5.91 Å². The number of carbonyl (C=O) groups is 1. The first-order chi connectivity index (χ1) is 10.8. The molecule has 1 N–H and O–H groups in total. The van der Waals surface area contributed by atoms with Crippen LogP contribution in [-0.2, 0) is 6.42 Å². The summed E-state index contributed by atoms with van der Waals surface area (Å²) >= 11 is 0. The number of benzene rings is 1. The maximum Gasteiger partial charge on any atom is 0.257 e. The van der Waals surface area contributed by atoms with Crippen LogP contribution in [0, 0.1) is 0 Å². The number of fused-ring (bicyclic) bond motifs is 1. The van der Waals surface area contributed by atoms with Gasteiger partial charge in [-0.1, -0.05) is 30.3 Å². The minimum Gasteiger partial charge on any atom is -0.472 e. The molecule has 3 heterocycles. The number of hydrogen-bond acceptors (Lipinski definition) is 3. The Morgan fingerprint density at radius 1 is 1.27 bits per heavy atom. The number of H-pyrrole nitrogens is 1. The van der Waals surface area contributed by atoms with Gasteiger partial charge in [0.15, 0.2) is 0 Å². The SMILES string of the molecule is O=C(c1ccoc1)N1CCc2[nH]cnc2[C@H]1c1ccccc1. The first-order valence-corrected chi connectivity index (χ1v) is 7.25. The second kappa shape index (κ2) is 5.18. The summed E-state index contributed by atoms with van der Waals surface area (Å²) in [6.07, 6.45) is 5.49. The van der Waals surface area contributed by atoms with Gasteiger partial charge in [0.25, 0.3) is 5.91 Å². The number of furan rings is 1. The van der Waals surface area contributed by atoms with Crippen molar-refractivity contribution in [2.45, 2.75) is 12.5 Å². The molecule has 1 amide bonds. The third kappa shape index (κ3) is 2.02. The third-order valence-electron chi connectivity index (χ3n) is 4.07. The van der Waals surface area contributed by atoms with Gasteiger partial charge in [-0.15, -0.1) is 0 Å². The molecule has 3 aromatic rings. The summed E-state index contributed by atoms with van der Waals surface area (Å²) in [5, 5.41) is 0. The molecule has 1 aliphatic heterocycles. The zero-order chi connectivity index (χ0) is 14.9. The molecule has 22 heavy (non-hydrogen) atoms. The van der Waals surface area contributed by atoms with Gasteiger partial charge in [0.2, 0.25) is 0 Å². The Balaban J connectivity index is 1.79. The van der Waals surface area contributed by atoms with Crippen molar-refractivity contribution in [2.24, 2.45) is 0 Å². The Hall–Kier alpha value is -2.82. The van der Waals surface area contributed by atoms with Crippen LogP contribution in [0.25, 0.3) is 0 Å². The number of imidazole rings is 1. The van der Waals surface area contributed by atoms with Crippen LogP contribution < -0.4 is 0 Å². The second-order valence-electron chi connectivity index (χ2n) is 5.34. The molecule has 4 rings (SSSR count). The predicted molar refractivity (Wildman–Crippen MR) is 80.3 cm³/mol. The van der Waals surface area contributed by atoms with Gasteiger partial charge in [0.1, 0.15) is 12.3 Å². The van der Waals surface area contributed by atoms with Gasteiger partial charge >= 0.3 is 0 Å². The van der Waals surface area contributed by atoms with E-state index in [-0.39, 0.29) is 11.9 Å². The lowest BCUT2D eigenvalue weighted by Crippen LogP contribution is -2.40. The molecule has 0 bridgehead atoms. The van der Waals surface area contributed by atoms with E-state index in [9.17, 15) is 4.79 Å². The van der Waals surface area contributed by atoms with Gasteiger partial charge in [-0.2, -0.15) is 0 Å². The van der Waals surface area contributed by atoms with Gasteiger partial charge in [0, 0.05) is 18.7 Å². The molecule has 0 radical (unpaired) electrons. The second-order valence-corrected chi connectivity index (χ2v) is 5.34. The minimum atomic E-state index is -0.168. The van der Waals surface area contributed by atoms with Crippen LogP contribution in [0.4, 0.5) is 0 Å². The number of aromatic amines is 1. The molecule has 5 nitrogen and oxygen atoms in total. The van der Waals surface area contributed by atoms with Crippen LogP contribution in [0.15, 0.2) is 59.7 Å². The molecule has 0 unspecified atom stereocenters. The van der Waals surface area contributed by atoms with Crippen molar-refractivity contribution in [3.05, 3.63) is 77.8 Å². The molecular formula is C17H15N3O2. The highest BCUT2D eigenvalue weighted by Crippen LogP contribution is 2.34. The Morgan fingerprint density at radius 2 is 2.14 bits per heavy atom. The third-order valence-corrected chi connectivity index (χ3v) is 4.07. The van der Waals surface area contributed by atoms with Crippen molar-refractivity contribution in [3.63, 3.8) is 0 Å². The lowest BCUT2D eigenvalue weighted by molar-refractivity contribution is 0.0690. The van der Waals surface area contributed by atoms with Gasteiger partial charge in [-0.3, -0.25) is 4.79 Å². The predicted octanol–water partition coefficient (Wildman–Crippen LogP) is 2.79. The monoisotopic (exact) mass is 293 g/mol. The first kappa shape index (κ1) is 12.9. The van der Waals surface area contributed by atoms with Crippen molar-refractivity contribution < 1.29 is 9.21 Å². The van der Waals surface area contributed by atoms with E-state index in [1.54, 1.807) is 12.4 Å². The maximum absolute atomic E-state index is 12.8. The number of carbonyl (C=O) groups excluding carboxylic acids is 1. The Kier molecular flexibility index (Phi) is 3.04. The van der Waals surface area contributed by atoms with Crippen LogP contribution >= 0.6 is 0 Å². The lowest BCUT2D eigenvalue weighted by atomic mass is 9.95. The minimum absolute atomic E-state index is 0.0312.